The number of urea groups is 1. The minimum Gasteiger partial charge on any atom is -0.480 e. The number of fused-ring (bicyclic) bond motifs is 1. The van der Waals surface area contributed by atoms with E-state index in [1.54, 1.807) is 15.9 Å². The van der Waals surface area contributed by atoms with Crippen LogP contribution >= 0.6 is 0 Å². The van der Waals surface area contributed by atoms with Crippen LogP contribution in [0.4, 0.5) is 4.79 Å². The number of hydrogen-bond acceptors (Lipinski definition) is 2. The third-order valence-electron chi connectivity index (χ3n) is 4.95. The Balaban J connectivity index is 1.78. The second kappa shape index (κ2) is 5.11. The molecule has 2 aliphatic carbocycles. The van der Waals surface area contributed by atoms with Gasteiger partial charge in [-0.05, 0) is 37.5 Å². The fraction of sp³-hybridized carbons (Fsp3) is 0.733. The van der Waals surface area contributed by atoms with Crippen molar-refractivity contribution in [3.8, 4) is 0 Å². The van der Waals surface area contributed by atoms with Gasteiger partial charge in [-0.25, -0.2) is 9.59 Å². The first-order valence-electron chi connectivity index (χ1n) is 7.54. The molecule has 3 atom stereocenters. The van der Waals surface area contributed by atoms with Crippen molar-refractivity contribution in [1.82, 2.24) is 9.80 Å². The van der Waals surface area contributed by atoms with Crippen molar-refractivity contribution in [3.63, 3.8) is 0 Å². The Morgan fingerprint density at radius 1 is 1.30 bits per heavy atom. The van der Waals surface area contributed by atoms with Crippen molar-refractivity contribution in [2.24, 2.45) is 11.8 Å². The number of amides is 2. The van der Waals surface area contributed by atoms with Gasteiger partial charge >= 0.3 is 12.0 Å². The Bertz CT molecular complexity index is 433. The third kappa shape index (κ3) is 2.19. The minimum atomic E-state index is -0.845. The van der Waals surface area contributed by atoms with E-state index in [2.05, 4.69) is 6.58 Å². The molecular formula is C15H22N2O3. The molecule has 1 aliphatic heterocycles. The highest BCUT2D eigenvalue weighted by atomic mass is 16.4. The summed E-state index contributed by atoms with van der Waals surface area (Å²) in [5, 5.41) is 9.51. The molecule has 0 bridgehead atoms. The number of carboxylic acid groups (broad SMARTS) is 1. The molecule has 110 valence electrons. The molecule has 1 N–H and O–H groups in total. The molecule has 0 aromatic carbocycles. The Morgan fingerprint density at radius 2 is 2.05 bits per heavy atom. The van der Waals surface area contributed by atoms with Gasteiger partial charge in [-0.3, -0.25) is 0 Å². The summed E-state index contributed by atoms with van der Waals surface area (Å²) in [4.78, 5) is 27.7. The lowest BCUT2D eigenvalue weighted by molar-refractivity contribution is -0.142. The summed E-state index contributed by atoms with van der Waals surface area (Å²) in [6.07, 6.45) is 6.87. The lowest BCUT2D eigenvalue weighted by Gasteiger charge is -2.31. The summed E-state index contributed by atoms with van der Waals surface area (Å²) in [6.45, 7) is 4.83. The van der Waals surface area contributed by atoms with Gasteiger partial charge in [0.15, 0.2) is 0 Å². The topological polar surface area (TPSA) is 60.9 Å². The second-order valence-electron chi connectivity index (χ2n) is 6.25. The van der Waals surface area contributed by atoms with Crippen molar-refractivity contribution in [2.45, 2.75) is 44.2 Å². The molecule has 3 unspecified atom stereocenters. The molecular weight excluding hydrogens is 256 g/mol. The van der Waals surface area contributed by atoms with E-state index in [9.17, 15) is 14.7 Å². The lowest BCUT2D eigenvalue weighted by Crippen LogP contribution is -2.50. The third-order valence-corrected chi connectivity index (χ3v) is 4.95. The number of carbonyl (C=O) groups is 2. The highest BCUT2D eigenvalue weighted by Gasteiger charge is 2.51. The van der Waals surface area contributed by atoms with Crippen LogP contribution in [0.1, 0.15) is 32.1 Å². The molecule has 3 rings (SSSR count). The summed E-state index contributed by atoms with van der Waals surface area (Å²) in [5.41, 5.74) is 0. The first-order valence-corrected chi connectivity index (χ1v) is 7.54. The van der Waals surface area contributed by atoms with Gasteiger partial charge in [-0.2, -0.15) is 0 Å². The van der Waals surface area contributed by atoms with Crippen molar-refractivity contribution >= 4 is 12.0 Å². The second-order valence-corrected chi connectivity index (χ2v) is 6.25. The van der Waals surface area contributed by atoms with Gasteiger partial charge in [0.1, 0.15) is 6.04 Å². The van der Waals surface area contributed by atoms with Crippen LogP contribution in [-0.2, 0) is 4.79 Å². The van der Waals surface area contributed by atoms with E-state index < -0.39 is 12.0 Å². The summed E-state index contributed by atoms with van der Waals surface area (Å²) < 4.78 is 0. The van der Waals surface area contributed by atoms with Gasteiger partial charge < -0.3 is 14.9 Å². The van der Waals surface area contributed by atoms with E-state index in [4.69, 9.17) is 0 Å². The quantitative estimate of drug-likeness (QED) is 0.799. The number of aliphatic carboxylic acids is 1. The molecule has 2 saturated carbocycles. The van der Waals surface area contributed by atoms with E-state index in [0.29, 0.717) is 19.0 Å². The molecule has 20 heavy (non-hydrogen) atoms. The van der Waals surface area contributed by atoms with Gasteiger partial charge in [-0.1, -0.05) is 12.5 Å². The molecule has 0 aromatic rings. The number of likely N-dealkylation sites (tertiary alicyclic amines) is 1. The Kier molecular flexibility index (Phi) is 3.44. The summed E-state index contributed by atoms with van der Waals surface area (Å²) in [5.74, 6) is -0.312. The van der Waals surface area contributed by atoms with Gasteiger partial charge in [0.05, 0.1) is 0 Å². The highest BCUT2D eigenvalue weighted by Crippen LogP contribution is 2.43. The maximum Gasteiger partial charge on any atom is 0.326 e. The molecule has 5 nitrogen and oxygen atoms in total. The molecule has 0 aromatic heterocycles. The lowest BCUT2D eigenvalue weighted by atomic mass is 9.94. The van der Waals surface area contributed by atoms with Crippen LogP contribution in [0, 0.1) is 11.8 Å². The molecule has 5 heteroatoms. The van der Waals surface area contributed by atoms with Gasteiger partial charge in [-0.15, -0.1) is 6.58 Å². The predicted octanol–water partition coefficient (Wildman–Crippen LogP) is 1.94. The largest absolute Gasteiger partial charge is 0.480 e. The van der Waals surface area contributed by atoms with Crippen LogP contribution < -0.4 is 0 Å². The number of carbonyl (C=O) groups excluding carboxylic acids is 1. The number of nitrogens with zero attached hydrogens (tertiary/aromatic N) is 2. The molecule has 3 fully saturated rings. The van der Waals surface area contributed by atoms with Gasteiger partial charge in [0.2, 0.25) is 0 Å². The number of rotatable bonds is 4. The average molecular weight is 278 g/mol. The zero-order chi connectivity index (χ0) is 14.3. The monoisotopic (exact) mass is 278 g/mol. The van der Waals surface area contributed by atoms with Gasteiger partial charge in [0.25, 0.3) is 0 Å². The molecule has 3 aliphatic rings. The predicted molar refractivity (Wildman–Crippen MR) is 74.3 cm³/mol. The SMILES string of the molecule is C=CCN(C(=O)N1CC2CCCC2C1C(=O)O)C1CC1. The van der Waals surface area contributed by atoms with E-state index in [-0.39, 0.29) is 18.0 Å². The van der Waals surface area contributed by atoms with E-state index in [0.717, 1.165) is 32.1 Å². The molecule has 1 heterocycles. The minimum absolute atomic E-state index is 0.103. The van der Waals surface area contributed by atoms with Crippen LogP contribution in [0.25, 0.3) is 0 Å². The Labute approximate surface area is 119 Å². The maximum atomic E-state index is 12.7. The van der Waals surface area contributed by atoms with E-state index in [1.807, 2.05) is 0 Å². The highest BCUT2D eigenvalue weighted by molar-refractivity contribution is 5.84. The smallest absolute Gasteiger partial charge is 0.326 e. The van der Waals surface area contributed by atoms with Crippen LogP contribution in [-0.4, -0.2) is 52.1 Å². The Morgan fingerprint density at radius 3 is 2.65 bits per heavy atom. The molecule has 1 saturated heterocycles. The normalized spacial score (nSPS) is 32.0. The molecule has 0 radical (unpaired) electrons. The fourth-order valence-electron chi connectivity index (χ4n) is 3.89. The summed E-state index contributed by atoms with van der Waals surface area (Å²) in [6, 6.07) is -0.439. The standard InChI is InChI=1S/C15H22N2O3/c1-2-8-16(11-6-7-11)15(20)17-9-10-4-3-5-12(10)13(17)14(18)19/h2,10-13H,1,3-9H2,(H,18,19). The first kappa shape index (κ1) is 13.5. The van der Waals surface area contributed by atoms with Crippen LogP contribution in [0.5, 0.6) is 0 Å². The van der Waals surface area contributed by atoms with E-state index in [1.165, 1.54) is 0 Å². The summed E-state index contributed by atoms with van der Waals surface area (Å²) in [7, 11) is 0. The zero-order valence-electron chi connectivity index (χ0n) is 11.7. The van der Waals surface area contributed by atoms with Gasteiger partial charge in [0, 0.05) is 19.1 Å². The van der Waals surface area contributed by atoms with Crippen LogP contribution in [0.2, 0.25) is 0 Å². The van der Waals surface area contributed by atoms with Crippen molar-refractivity contribution < 1.29 is 14.7 Å². The molecule has 2 amide bonds. The van der Waals surface area contributed by atoms with Crippen molar-refractivity contribution in [3.05, 3.63) is 12.7 Å². The fourth-order valence-corrected chi connectivity index (χ4v) is 3.89. The average Bonchev–Trinajstić information content (AvgIpc) is 3.02. The first-order chi connectivity index (χ1) is 9.63. The van der Waals surface area contributed by atoms with Crippen molar-refractivity contribution in [1.29, 1.82) is 0 Å². The van der Waals surface area contributed by atoms with E-state index >= 15 is 0 Å². The van der Waals surface area contributed by atoms with Crippen LogP contribution in [0.15, 0.2) is 12.7 Å². The molecule has 0 spiro atoms. The van der Waals surface area contributed by atoms with Crippen LogP contribution in [0.3, 0.4) is 0 Å². The number of hydrogen-bond donors (Lipinski definition) is 1. The number of carboxylic acids is 1. The van der Waals surface area contributed by atoms with Crippen molar-refractivity contribution in [2.75, 3.05) is 13.1 Å². The Hall–Kier alpha value is -1.52. The summed E-state index contributed by atoms with van der Waals surface area (Å²) >= 11 is 0. The maximum absolute atomic E-state index is 12.7. The zero-order valence-corrected chi connectivity index (χ0v) is 11.7.